The summed E-state index contributed by atoms with van der Waals surface area (Å²) in [5, 5.41) is 7.82. The molecule has 2 heteroatoms. The summed E-state index contributed by atoms with van der Waals surface area (Å²) >= 11 is 0. The van der Waals surface area contributed by atoms with Crippen LogP contribution in [0.15, 0.2) is 194 Å². The minimum atomic E-state index is -0.245. The lowest BCUT2D eigenvalue weighted by molar-refractivity contribution is 0.645. The van der Waals surface area contributed by atoms with Gasteiger partial charge >= 0.3 is 0 Å². The van der Waals surface area contributed by atoms with Crippen LogP contribution in [-0.2, 0) is 5.41 Å². The molecule has 0 spiro atoms. The van der Waals surface area contributed by atoms with E-state index in [9.17, 15) is 0 Å². The molecule has 0 aliphatic heterocycles. The Morgan fingerprint density at radius 3 is 1.33 bits per heavy atom. The van der Waals surface area contributed by atoms with Crippen molar-refractivity contribution in [1.29, 1.82) is 0 Å². The summed E-state index contributed by atoms with van der Waals surface area (Å²) in [5.41, 5.74) is 19.9. The Hall–Kier alpha value is -7.42. The molecule has 0 saturated heterocycles. The molecule has 0 N–H and O–H groups in total. The van der Waals surface area contributed by atoms with E-state index in [0.717, 1.165) is 28.4 Å². The summed E-state index contributed by atoms with van der Waals surface area (Å²) in [5.74, 6) is 0. The first kappa shape index (κ1) is 38.5. The smallest absolute Gasteiger partial charge is 0.0525 e. The van der Waals surface area contributed by atoms with Gasteiger partial charge in [0.2, 0.25) is 0 Å². The van der Waals surface area contributed by atoms with Gasteiger partial charge in [-0.25, -0.2) is 0 Å². The van der Waals surface area contributed by atoms with Crippen LogP contribution in [0.3, 0.4) is 0 Å². The number of benzene rings is 10. The molecule has 0 saturated carbocycles. The Morgan fingerprint density at radius 1 is 0.317 bits per heavy atom. The van der Waals surface area contributed by atoms with Gasteiger partial charge in [-0.15, -0.1) is 0 Å². The maximum atomic E-state index is 2.52. The molecule has 0 unspecified atom stereocenters. The fraction of sp³-hybridized carbons (Fsp3) is 0.115. The zero-order valence-electron chi connectivity index (χ0n) is 36.9. The molecule has 1 aliphatic rings. The standard InChI is InChI=1S/C61H50N2/c1-39-41(3)60(63(45-26-15-9-16-27-45)46-28-17-10-18-29-46)42(4)40(2)58(39)54-38-53-51-32-21-33-56-59(51)55(37-52(53)48-30-19-20-31-49(48)54)50-35-34-47(36-57(50)61(56,5)6)62(43-22-11-7-12-23-43)44-24-13-8-14-25-44/h7-38H,1-6H3. The molecule has 0 fully saturated rings. The van der Waals surface area contributed by atoms with Crippen LogP contribution in [0.4, 0.5) is 34.1 Å². The third kappa shape index (κ3) is 6.00. The van der Waals surface area contributed by atoms with Crippen LogP contribution in [0.5, 0.6) is 0 Å². The molecular formula is C61H50N2. The van der Waals surface area contributed by atoms with Gasteiger partial charge in [0.15, 0.2) is 0 Å². The molecule has 1 aliphatic carbocycles. The van der Waals surface area contributed by atoms with Crippen molar-refractivity contribution in [1.82, 2.24) is 0 Å². The summed E-state index contributed by atoms with van der Waals surface area (Å²) in [7, 11) is 0. The summed E-state index contributed by atoms with van der Waals surface area (Å²) in [4.78, 5) is 4.81. The number of hydrogen-bond donors (Lipinski definition) is 0. The van der Waals surface area contributed by atoms with E-state index in [1.807, 2.05) is 0 Å². The first-order valence-electron chi connectivity index (χ1n) is 22.2. The second-order valence-corrected chi connectivity index (χ2v) is 17.8. The molecule has 10 aromatic carbocycles. The van der Waals surface area contributed by atoms with Gasteiger partial charge < -0.3 is 9.80 Å². The molecule has 63 heavy (non-hydrogen) atoms. The van der Waals surface area contributed by atoms with Crippen LogP contribution in [0.2, 0.25) is 0 Å². The van der Waals surface area contributed by atoms with Crippen LogP contribution in [0, 0.1) is 27.7 Å². The van der Waals surface area contributed by atoms with Crippen LogP contribution in [-0.4, -0.2) is 0 Å². The summed E-state index contributed by atoms with van der Waals surface area (Å²) in [6.07, 6.45) is 0. The first-order chi connectivity index (χ1) is 30.7. The summed E-state index contributed by atoms with van der Waals surface area (Å²) < 4.78 is 0. The molecule has 0 radical (unpaired) electrons. The van der Waals surface area contributed by atoms with Gasteiger partial charge in [-0.1, -0.05) is 135 Å². The molecule has 2 nitrogen and oxygen atoms in total. The maximum absolute atomic E-state index is 2.52. The quantitative estimate of drug-likeness (QED) is 0.148. The predicted molar refractivity (Wildman–Crippen MR) is 270 cm³/mol. The average Bonchev–Trinajstić information content (AvgIpc) is 3.33. The van der Waals surface area contributed by atoms with Crippen molar-refractivity contribution in [3.8, 4) is 22.3 Å². The van der Waals surface area contributed by atoms with Crippen LogP contribution in [0.1, 0.15) is 47.2 Å². The summed E-state index contributed by atoms with van der Waals surface area (Å²) in [6.45, 7) is 14.1. The molecule has 10 aromatic rings. The van der Waals surface area contributed by atoms with Gasteiger partial charge in [0, 0.05) is 33.9 Å². The number of para-hydroxylation sites is 4. The van der Waals surface area contributed by atoms with Crippen molar-refractivity contribution in [2.24, 2.45) is 0 Å². The Kier molecular flexibility index (Phi) is 9.10. The number of anilines is 6. The second kappa shape index (κ2) is 14.9. The minimum absolute atomic E-state index is 0.245. The number of fused-ring (bicyclic) bond motifs is 6. The lowest BCUT2D eigenvalue weighted by Gasteiger charge is -2.37. The van der Waals surface area contributed by atoms with E-state index in [1.165, 1.54) is 93.6 Å². The second-order valence-electron chi connectivity index (χ2n) is 17.8. The third-order valence-electron chi connectivity index (χ3n) is 14.0. The van der Waals surface area contributed by atoms with Crippen LogP contribution in [0.25, 0.3) is 54.6 Å². The molecule has 0 bridgehead atoms. The first-order valence-corrected chi connectivity index (χ1v) is 22.2. The van der Waals surface area contributed by atoms with Gasteiger partial charge in [-0.3, -0.25) is 0 Å². The maximum Gasteiger partial charge on any atom is 0.0525 e. The fourth-order valence-corrected chi connectivity index (χ4v) is 10.8. The fourth-order valence-electron chi connectivity index (χ4n) is 10.8. The Labute approximate surface area is 371 Å². The van der Waals surface area contributed by atoms with E-state index in [0.29, 0.717) is 0 Å². The number of nitrogens with zero attached hydrogens (tertiary/aromatic N) is 2. The lowest BCUT2D eigenvalue weighted by atomic mass is 9.67. The van der Waals surface area contributed by atoms with Crippen molar-refractivity contribution in [3.63, 3.8) is 0 Å². The van der Waals surface area contributed by atoms with Gasteiger partial charge in [0.25, 0.3) is 0 Å². The highest BCUT2D eigenvalue weighted by Gasteiger charge is 2.35. The van der Waals surface area contributed by atoms with E-state index in [4.69, 9.17) is 0 Å². The SMILES string of the molecule is Cc1c(C)c(N(c2ccccc2)c2ccccc2)c(C)c(C)c1-c1cc2c3cccc4c3c(cc2c2ccccc12)-c1ccc(N(c2ccccc2)c2ccccc2)cc1C4(C)C. The molecule has 11 rings (SSSR count). The average molecular weight is 811 g/mol. The molecular weight excluding hydrogens is 761 g/mol. The minimum Gasteiger partial charge on any atom is -0.310 e. The van der Waals surface area contributed by atoms with Crippen LogP contribution < -0.4 is 9.80 Å². The monoisotopic (exact) mass is 810 g/mol. The number of hydrogen-bond acceptors (Lipinski definition) is 2. The van der Waals surface area contributed by atoms with Crippen molar-refractivity contribution in [2.75, 3.05) is 9.80 Å². The van der Waals surface area contributed by atoms with E-state index < -0.39 is 0 Å². The van der Waals surface area contributed by atoms with E-state index in [2.05, 4.69) is 245 Å². The highest BCUT2D eigenvalue weighted by molar-refractivity contribution is 6.25. The molecule has 0 atom stereocenters. The Morgan fingerprint density at radius 2 is 0.778 bits per heavy atom. The highest BCUT2D eigenvalue weighted by Crippen LogP contribution is 2.54. The zero-order chi connectivity index (χ0) is 43.0. The number of rotatable bonds is 7. The highest BCUT2D eigenvalue weighted by atomic mass is 15.1. The van der Waals surface area contributed by atoms with Crippen molar-refractivity contribution in [2.45, 2.75) is 47.0 Å². The topological polar surface area (TPSA) is 6.48 Å². The normalized spacial score (nSPS) is 12.7. The Bertz CT molecular complexity index is 3280. The van der Waals surface area contributed by atoms with Gasteiger partial charge in [0.1, 0.15) is 0 Å². The van der Waals surface area contributed by atoms with Crippen molar-refractivity contribution in [3.05, 3.63) is 228 Å². The lowest BCUT2D eigenvalue weighted by Crippen LogP contribution is -2.24. The van der Waals surface area contributed by atoms with E-state index in [-0.39, 0.29) is 5.41 Å². The summed E-state index contributed by atoms with van der Waals surface area (Å²) in [6, 6.07) is 71.3. The predicted octanol–water partition coefficient (Wildman–Crippen LogP) is 17.3. The van der Waals surface area contributed by atoms with Crippen LogP contribution >= 0.6 is 0 Å². The van der Waals surface area contributed by atoms with Gasteiger partial charge in [0.05, 0.1) is 5.69 Å². The van der Waals surface area contributed by atoms with Gasteiger partial charge in [-0.05, 0) is 188 Å². The molecule has 0 heterocycles. The third-order valence-corrected chi connectivity index (χ3v) is 14.0. The molecule has 0 amide bonds. The molecule has 0 aromatic heterocycles. The van der Waals surface area contributed by atoms with E-state index >= 15 is 0 Å². The van der Waals surface area contributed by atoms with Crippen molar-refractivity contribution < 1.29 is 0 Å². The largest absolute Gasteiger partial charge is 0.310 e. The van der Waals surface area contributed by atoms with Gasteiger partial charge in [-0.2, -0.15) is 0 Å². The van der Waals surface area contributed by atoms with Crippen molar-refractivity contribution >= 4 is 66.4 Å². The Balaban J connectivity index is 1.14. The van der Waals surface area contributed by atoms with E-state index in [1.54, 1.807) is 0 Å². The molecule has 304 valence electrons. The zero-order valence-corrected chi connectivity index (χ0v) is 36.9.